The number of rotatable bonds is 4. The minimum atomic E-state index is -0.278. The maximum absolute atomic E-state index is 13.1. The average molecular weight is 423 g/mol. The zero-order valence-corrected chi connectivity index (χ0v) is 18.7. The average Bonchev–Trinajstić information content (AvgIpc) is 3.17. The van der Waals surface area contributed by atoms with Crippen LogP contribution in [-0.2, 0) is 9.59 Å². The molecule has 1 aromatic carbocycles. The van der Waals surface area contributed by atoms with E-state index in [1.54, 1.807) is 4.90 Å². The summed E-state index contributed by atoms with van der Waals surface area (Å²) in [5.74, 6) is 1.47. The van der Waals surface area contributed by atoms with Crippen molar-refractivity contribution in [1.82, 2.24) is 15.1 Å². The third kappa shape index (κ3) is 4.33. The van der Waals surface area contributed by atoms with Crippen molar-refractivity contribution in [2.45, 2.75) is 20.3 Å². The molecule has 0 saturated carbocycles. The van der Waals surface area contributed by atoms with E-state index in [4.69, 9.17) is 0 Å². The van der Waals surface area contributed by atoms with Crippen molar-refractivity contribution >= 4 is 29.1 Å². The monoisotopic (exact) mass is 422 g/mol. The Hall–Kier alpha value is -3.16. The molecular weight excluding hydrogens is 392 g/mol. The van der Waals surface area contributed by atoms with Gasteiger partial charge in [0.2, 0.25) is 11.8 Å². The second kappa shape index (κ2) is 8.53. The van der Waals surface area contributed by atoms with Crippen LogP contribution in [0.2, 0.25) is 0 Å². The summed E-state index contributed by atoms with van der Waals surface area (Å²) in [6.07, 6.45) is 0.281. The number of carbonyl (C=O) groups is 2. The fourth-order valence-electron chi connectivity index (χ4n) is 4.16. The molecule has 164 valence electrons. The molecule has 0 radical (unpaired) electrons. The summed E-state index contributed by atoms with van der Waals surface area (Å²) in [7, 11) is 3.87. The second-order valence-electron chi connectivity index (χ2n) is 8.63. The van der Waals surface area contributed by atoms with Crippen LogP contribution in [0, 0.1) is 19.8 Å². The van der Waals surface area contributed by atoms with Gasteiger partial charge >= 0.3 is 0 Å². The molecule has 4 rings (SSSR count). The molecule has 1 aromatic heterocycles. The third-order valence-corrected chi connectivity index (χ3v) is 6.29. The molecule has 0 aliphatic carbocycles. The molecule has 3 heterocycles. The van der Waals surface area contributed by atoms with Gasteiger partial charge in [0.25, 0.3) is 0 Å². The van der Waals surface area contributed by atoms with Crippen molar-refractivity contribution in [1.29, 1.82) is 0 Å². The van der Waals surface area contributed by atoms with Gasteiger partial charge in [0.05, 0.1) is 5.92 Å². The Morgan fingerprint density at radius 3 is 2.35 bits per heavy atom. The van der Waals surface area contributed by atoms with Gasteiger partial charge in [-0.15, -0.1) is 10.2 Å². The van der Waals surface area contributed by atoms with Crippen molar-refractivity contribution in [3.8, 4) is 0 Å². The number of nitrogens with zero attached hydrogens (tertiary/aromatic N) is 6. The minimum Gasteiger partial charge on any atom is -0.361 e. The number of amides is 2. The Bertz CT molecular complexity index is 967. The van der Waals surface area contributed by atoms with Crippen LogP contribution in [0.15, 0.2) is 30.3 Å². The van der Waals surface area contributed by atoms with Crippen LogP contribution in [0.3, 0.4) is 0 Å². The van der Waals surface area contributed by atoms with Gasteiger partial charge in [0.1, 0.15) is 0 Å². The van der Waals surface area contributed by atoms with Crippen LogP contribution < -0.4 is 14.7 Å². The lowest BCUT2D eigenvalue weighted by Gasteiger charge is -2.36. The summed E-state index contributed by atoms with van der Waals surface area (Å²) < 4.78 is 0. The fourth-order valence-corrected chi connectivity index (χ4v) is 4.16. The van der Waals surface area contributed by atoms with E-state index < -0.39 is 0 Å². The molecule has 2 aromatic rings. The number of aryl methyl sites for hydroxylation is 2. The van der Waals surface area contributed by atoms with Gasteiger partial charge < -0.3 is 19.6 Å². The number of piperazine rings is 1. The van der Waals surface area contributed by atoms with Gasteiger partial charge in [-0.05, 0) is 49.2 Å². The number of aromatic nitrogens is 2. The Kier molecular flexibility index (Phi) is 5.80. The van der Waals surface area contributed by atoms with Gasteiger partial charge in [-0.25, -0.2) is 0 Å². The molecule has 0 N–H and O–H groups in total. The molecule has 0 bridgehead atoms. The molecule has 1 atom stereocenters. The van der Waals surface area contributed by atoms with Crippen LogP contribution in [0.25, 0.3) is 0 Å². The summed E-state index contributed by atoms with van der Waals surface area (Å²) in [6.45, 7) is 7.23. The minimum absolute atomic E-state index is 0.0245. The highest BCUT2D eigenvalue weighted by molar-refractivity contribution is 6.00. The Morgan fingerprint density at radius 2 is 1.74 bits per heavy atom. The van der Waals surface area contributed by atoms with Crippen LogP contribution >= 0.6 is 0 Å². The molecule has 8 heteroatoms. The van der Waals surface area contributed by atoms with Crippen molar-refractivity contribution in [2.24, 2.45) is 5.92 Å². The number of hydrogen-bond donors (Lipinski definition) is 0. The van der Waals surface area contributed by atoms with E-state index >= 15 is 0 Å². The Morgan fingerprint density at radius 1 is 1.00 bits per heavy atom. The van der Waals surface area contributed by atoms with E-state index in [0.29, 0.717) is 32.7 Å². The number of benzene rings is 1. The van der Waals surface area contributed by atoms with Gasteiger partial charge in [0, 0.05) is 58.9 Å². The van der Waals surface area contributed by atoms with E-state index in [-0.39, 0.29) is 24.2 Å². The summed E-state index contributed by atoms with van der Waals surface area (Å²) >= 11 is 0. The Labute approximate surface area is 183 Å². The molecular formula is C23H30N6O2. The first-order valence-corrected chi connectivity index (χ1v) is 10.8. The van der Waals surface area contributed by atoms with Gasteiger partial charge in [-0.3, -0.25) is 9.59 Å². The smallest absolute Gasteiger partial charge is 0.228 e. The third-order valence-electron chi connectivity index (χ3n) is 6.29. The zero-order valence-electron chi connectivity index (χ0n) is 18.7. The topological polar surface area (TPSA) is 72.9 Å². The molecule has 2 aliphatic heterocycles. The number of carbonyl (C=O) groups excluding carboxylic acids is 2. The molecule has 1 unspecified atom stereocenters. The maximum atomic E-state index is 13.1. The quantitative estimate of drug-likeness (QED) is 0.749. The second-order valence-corrected chi connectivity index (χ2v) is 8.63. The predicted molar refractivity (Wildman–Crippen MR) is 122 cm³/mol. The van der Waals surface area contributed by atoms with Crippen LogP contribution in [0.1, 0.15) is 17.5 Å². The first kappa shape index (κ1) is 21.1. The van der Waals surface area contributed by atoms with E-state index in [2.05, 4.69) is 22.0 Å². The van der Waals surface area contributed by atoms with E-state index in [1.165, 1.54) is 5.56 Å². The van der Waals surface area contributed by atoms with Crippen molar-refractivity contribution in [2.75, 3.05) is 61.5 Å². The van der Waals surface area contributed by atoms with Gasteiger partial charge in [-0.2, -0.15) is 0 Å². The van der Waals surface area contributed by atoms with Crippen molar-refractivity contribution in [3.63, 3.8) is 0 Å². The molecule has 2 amide bonds. The first-order valence-electron chi connectivity index (χ1n) is 10.8. The number of anilines is 3. The predicted octanol–water partition coefficient (Wildman–Crippen LogP) is 1.86. The zero-order chi connectivity index (χ0) is 22.1. The summed E-state index contributed by atoms with van der Waals surface area (Å²) in [5.41, 5.74) is 3.23. The maximum Gasteiger partial charge on any atom is 0.228 e. The lowest BCUT2D eigenvalue weighted by Crippen LogP contribution is -2.51. The van der Waals surface area contributed by atoms with E-state index in [0.717, 1.165) is 22.9 Å². The normalized spacial score (nSPS) is 19.2. The molecule has 2 aliphatic rings. The highest BCUT2D eigenvalue weighted by atomic mass is 16.2. The molecule has 31 heavy (non-hydrogen) atoms. The molecule has 8 nitrogen and oxygen atoms in total. The van der Waals surface area contributed by atoms with E-state index in [1.807, 2.05) is 61.2 Å². The van der Waals surface area contributed by atoms with Crippen molar-refractivity contribution < 1.29 is 9.59 Å². The highest BCUT2D eigenvalue weighted by Gasteiger charge is 2.38. The highest BCUT2D eigenvalue weighted by Crippen LogP contribution is 2.28. The summed E-state index contributed by atoms with van der Waals surface area (Å²) in [6, 6.07) is 9.94. The Balaban J connectivity index is 1.35. The van der Waals surface area contributed by atoms with Crippen LogP contribution in [0.4, 0.5) is 17.3 Å². The lowest BCUT2D eigenvalue weighted by molar-refractivity contribution is -0.136. The summed E-state index contributed by atoms with van der Waals surface area (Å²) in [4.78, 5) is 33.4. The largest absolute Gasteiger partial charge is 0.361 e. The van der Waals surface area contributed by atoms with Gasteiger partial charge in [-0.1, -0.05) is 6.07 Å². The van der Waals surface area contributed by atoms with Gasteiger partial charge in [0.15, 0.2) is 11.6 Å². The molecule has 2 saturated heterocycles. The van der Waals surface area contributed by atoms with Crippen LogP contribution in [-0.4, -0.2) is 73.7 Å². The lowest BCUT2D eigenvalue weighted by atomic mass is 10.1. The first-order chi connectivity index (χ1) is 14.8. The van der Waals surface area contributed by atoms with Crippen LogP contribution in [0.5, 0.6) is 0 Å². The fraction of sp³-hybridized carbons (Fsp3) is 0.478. The standard InChI is InChI=1S/C23H30N6O2/c1-16-5-6-19(13-17(16)2)29-15-18(14-22(29)30)23(31)28-11-9-27(10-12-28)21-8-7-20(24-25-21)26(3)4/h5-8,13,18H,9-12,14-15H2,1-4H3. The molecule has 2 fully saturated rings. The SMILES string of the molecule is Cc1ccc(N2CC(C(=O)N3CCN(c4ccc(N(C)C)nn4)CC3)CC2=O)cc1C. The van der Waals surface area contributed by atoms with E-state index in [9.17, 15) is 9.59 Å². The summed E-state index contributed by atoms with van der Waals surface area (Å²) in [5, 5.41) is 8.56. The number of hydrogen-bond acceptors (Lipinski definition) is 6. The molecule has 0 spiro atoms. The van der Waals surface area contributed by atoms with Crippen molar-refractivity contribution in [3.05, 3.63) is 41.5 Å².